The number of nitrogens with zero attached hydrogens (tertiary/aromatic N) is 1. The molecular formula is C28H30N2O5. The molecule has 7 heteroatoms. The van der Waals surface area contributed by atoms with Crippen LogP contribution in [-0.4, -0.2) is 53.7 Å². The molecule has 0 spiro atoms. The lowest BCUT2D eigenvalue weighted by molar-refractivity contribution is -0.166. The van der Waals surface area contributed by atoms with E-state index >= 15 is 0 Å². The zero-order valence-electron chi connectivity index (χ0n) is 19.8. The number of carboxylic acids is 1. The average molecular weight is 475 g/mol. The van der Waals surface area contributed by atoms with E-state index in [-0.39, 0.29) is 55.3 Å². The van der Waals surface area contributed by atoms with Crippen molar-refractivity contribution >= 4 is 18.0 Å². The molecule has 1 aliphatic heterocycles. The van der Waals surface area contributed by atoms with E-state index < -0.39 is 17.5 Å². The van der Waals surface area contributed by atoms with Gasteiger partial charge in [-0.2, -0.15) is 0 Å². The highest BCUT2D eigenvalue weighted by Crippen LogP contribution is 2.50. The van der Waals surface area contributed by atoms with Gasteiger partial charge in [-0.25, -0.2) is 4.79 Å². The van der Waals surface area contributed by atoms with Gasteiger partial charge in [-0.15, -0.1) is 0 Å². The van der Waals surface area contributed by atoms with Crippen LogP contribution < -0.4 is 5.32 Å². The molecule has 0 aromatic heterocycles. The zero-order chi connectivity index (χ0) is 24.3. The summed E-state index contributed by atoms with van der Waals surface area (Å²) in [5.74, 6) is -0.708. The second kappa shape index (κ2) is 8.11. The second-order valence-electron chi connectivity index (χ2n) is 10.9. The maximum Gasteiger partial charge on any atom is 0.407 e. The Morgan fingerprint density at radius 3 is 2.23 bits per heavy atom. The number of amides is 2. The minimum Gasteiger partial charge on any atom is -0.481 e. The normalized spacial score (nSPS) is 27.6. The largest absolute Gasteiger partial charge is 0.481 e. The molecule has 2 saturated carbocycles. The van der Waals surface area contributed by atoms with E-state index in [1.807, 2.05) is 24.3 Å². The van der Waals surface area contributed by atoms with Crippen molar-refractivity contribution in [1.82, 2.24) is 10.2 Å². The molecule has 1 heterocycles. The summed E-state index contributed by atoms with van der Waals surface area (Å²) in [6.07, 6.45) is 2.42. The molecule has 4 atom stereocenters. The maximum absolute atomic E-state index is 13.3. The summed E-state index contributed by atoms with van der Waals surface area (Å²) < 4.78 is 5.75. The van der Waals surface area contributed by atoms with Crippen molar-refractivity contribution in [3.8, 4) is 11.1 Å². The van der Waals surface area contributed by atoms with Crippen LogP contribution in [0.2, 0.25) is 0 Å². The fraction of sp³-hybridized carbons (Fsp3) is 0.464. The van der Waals surface area contributed by atoms with E-state index in [1.165, 1.54) is 11.1 Å². The lowest BCUT2D eigenvalue weighted by Gasteiger charge is -2.47. The van der Waals surface area contributed by atoms with Gasteiger partial charge in [-0.05, 0) is 60.3 Å². The Morgan fingerprint density at radius 1 is 1.00 bits per heavy atom. The van der Waals surface area contributed by atoms with Crippen molar-refractivity contribution in [1.29, 1.82) is 0 Å². The quantitative estimate of drug-likeness (QED) is 0.686. The van der Waals surface area contributed by atoms with Gasteiger partial charge in [-0.1, -0.05) is 48.5 Å². The van der Waals surface area contributed by atoms with Gasteiger partial charge in [0.2, 0.25) is 5.91 Å². The molecule has 2 bridgehead atoms. The molecule has 4 unspecified atom stereocenters. The first kappa shape index (κ1) is 22.1. The lowest BCUT2D eigenvalue weighted by Crippen LogP contribution is -2.63. The number of benzene rings is 2. The molecule has 35 heavy (non-hydrogen) atoms. The van der Waals surface area contributed by atoms with Crippen molar-refractivity contribution in [3.63, 3.8) is 0 Å². The molecule has 2 aromatic carbocycles. The molecule has 2 amide bonds. The summed E-state index contributed by atoms with van der Waals surface area (Å²) >= 11 is 0. The topological polar surface area (TPSA) is 95.9 Å². The molecule has 3 fully saturated rings. The Hall–Kier alpha value is -3.35. The van der Waals surface area contributed by atoms with Gasteiger partial charge < -0.3 is 20.1 Å². The first-order valence-corrected chi connectivity index (χ1v) is 12.5. The number of hydrogen-bond acceptors (Lipinski definition) is 4. The molecule has 7 nitrogen and oxygen atoms in total. The van der Waals surface area contributed by atoms with Crippen molar-refractivity contribution in [2.24, 2.45) is 23.2 Å². The third kappa shape index (κ3) is 3.51. The second-order valence-corrected chi connectivity index (χ2v) is 10.9. The number of carbonyl (C=O) groups is 3. The first-order chi connectivity index (χ1) is 16.9. The highest BCUT2D eigenvalue weighted by molar-refractivity contribution is 5.86. The van der Waals surface area contributed by atoms with Crippen molar-refractivity contribution in [2.45, 2.75) is 38.1 Å². The molecule has 2 aromatic rings. The predicted molar refractivity (Wildman–Crippen MR) is 129 cm³/mol. The smallest absolute Gasteiger partial charge is 0.407 e. The summed E-state index contributed by atoms with van der Waals surface area (Å²) in [5, 5.41) is 12.4. The zero-order valence-corrected chi connectivity index (χ0v) is 19.8. The number of carboxylic acid groups (broad SMARTS) is 1. The molecule has 182 valence electrons. The highest BCUT2D eigenvalue weighted by atomic mass is 16.5. The van der Waals surface area contributed by atoms with Gasteiger partial charge in [0, 0.05) is 25.0 Å². The number of fused-ring (bicyclic) bond motifs is 5. The summed E-state index contributed by atoms with van der Waals surface area (Å²) in [5.41, 5.74) is 3.81. The SMILES string of the molecule is CC1(C(=O)O)CN(C(=O)C2C3CCC(C3)C2NC(=O)OCC2c3ccccc3-c3ccccc32)C1. The van der Waals surface area contributed by atoms with Gasteiger partial charge in [-0.3, -0.25) is 9.59 Å². The van der Waals surface area contributed by atoms with Gasteiger partial charge in [0.25, 0.3) is 0 Å². The number of nitrogens with one attached hydrogen (secondary N) is 1. The van der Waals surface area contributed by atoms with E-state index in [2.05, 4.69) is 29.6 Å². The summed E-state index contributed by atoms with van der Waals surface area (Å²) in [6.45, 7) is 2.37. The third-order valence-corrected chi connectivity index (χ3v) is 8.74. The number of aliphatic carboxylic acids is 1. The van der Waals surface area contributed by atoms with Crippen molar-refractivity contribution in [3.05, 3.63) is 59.7 Å². The van der Waals surface area contributed by atoms with E-state index in [1.54, 1.807) is 11.8 Å². The Labute approximate surface area is 204 Å². The molecular weight excluding hydrogens is 444 g/mol. The van der Waals surface area contributed by atoms with Crippen LogP contribution in [0.5, 0.6) is 0 Å². The van der Waals surface area contributed by atoms with E-state index in [0.29, 0.717) is 0 Å². The van der Waals surface area contributed by atoms with Gasteiger partial charge in [0.15, 0.2) is 0 Å². The fourth-order valence-corrected chi connectivity index (χ4v) is 6.93. The molecule has 0 radical (unpaired) electrons. The molecule has 1 saturated heterocycles. The summed E-state index contributed by atoms with van der Waals surface area (Å²) in [4.78, 5) is 39.3. The number of ether oxygens (including phenoxy) is 1. The Bertz CT molecular complexity index is 1160. The Morgan fingerprint density at radius 2 is 1.60 bits per heavy atom. The third-order valence-electron chi connectivity index (χ3n) is 8.74. The minimum absolute atomic E-state index is 0.0135. The number of hydrogen-bond donors (Lipinski definition) is 2. The van der Waals surface area contributed by atoms with Crippen molar-refractivity contribution < 1.29 is 24.2 Å². The Kier molecular flexibility index (Phi) is 5.13. The van der Waals surface area contributed by atoms with Crippen LogP contribution in [0.15, 0.2) is 48.5 Å². The van der Waals surface area contributed by atoms with Gasteiger partial charge in [0.1, 0.15) is 6.61 Å². The van der Waals surface area contributed by atoms with Crippen molar-refractivity contribution in [2.75, 3.05) is 19.7 Å². The van der Waals surface area contributed by atoms with E-state index in [0.717, 1.165) is 30.4 Å². The van der Waals surface area contributed by atoms with Gasteiger partial charge in [0.05, 0.1) is 11.3 Å². The van der Waals surface area contributed by atoms with Crippen LogP contribution in [0.25, 0.3) is 11.1 Å². The van der Waals surface area contributed by atoms with E-state index in [4.69, 9.17) is 4.74 Å². The fourth-order valence-electron chi connectivity index (χ4n) is 6.93. The van der Waals surface area contributed by atoms with E-state index in [9.17, 15) is 19.5 Å². The standard InChI is InChI=1S/C28H30N2O5/c1-28(26(32)33)14-30(15-28)25(31)23-16-10-11-17(12-16)24(23)29-27(34)35-13-22-20-8-4-2-6-18(20)19-7-3-5-9-21(19)22/h2-9,16-17,22-24H,10-15H2,1H3,(H,29,34)(H,32,33). The summed E-state index contributed by atoms with van der Waals surface area (Å²) in [7, 11) is 0. The molecule has 4 aliphatic rings. The monoisotopic (exact) mass is 474 g/mol. The first-order valence-electron chi connectivity index (χ1n) is 12.5. The molecule has 3 aliphatic carbocycles. The Balaban J connectivity index is 1.12. The number of rotatable bonds is 5. The van der Waals surface area contributed by atoms with Crippen LogP contribution in [0.3, 0.4) is 0 Å². The molecule has 6 rings (SSSR count). The predicted octanol–water partition coefficient (Wildman–Crippen LogP) is 3.87. The minimum atomic E-state index is -0.872. The maximum atomic E-state index is 13.3. The number of alkyl carbamates (subject to hydrolysis) is 1. The molecule has 2 N–H and O–H groups in total. The van der Waals surface area contributed by atoms with Crippen LogP contribution in [0.1, 0.15) is 43.2 Å². The van der Waals surface area contributed by atoms with Crippen LogP contribution in [-0.2, 0) is 14.3 Å². The average Bonchev–Trinajstić information content (AvgIpc) is 3.52. The number of likely N-dealkylation sites (tertiary alicyclic amines) is 1. The number of carbonyl (C=O) groups excluding carboxylic acids is 2. The van der Waals surface area contributed by atoms with Crippen LogP contribution >= 0.6 is 0 Å². The van der Waals surface area contributed by atoms with Crippen LogP contribution in [0, 0.1) is 23.2 Å². The summed E-state index contributed by atoms with van der Waals surface area (Å²) in [6, 6.07) is 16.2. The van der Waals surface area contributed by atoms with Gasteiger partial charge >= 0.3 is 12.1 Å². The lowest BCUT2D eigenvalue weighted by atomic mass is 9.78. The van der Waals surface area contributed by atoms with Crippen LogP contribution in [0.4, 0.5) is 4.79 Å². The highest BCUT2D eigenvalue weighted by Gasteiger charge is 2.56.